The van der Waals surface area contributed by atoms with E-state index in [0.29, 0.717) is 5.56 Å². The minimum atomic E-state index is -0.531. The highest BCUT2D eigenvalue weighted by molar-refractivity contribution is 5.94. The van der Waals surface area contributed by atoms with Crippen LogP contribution in [0.2, 0.25) is 0 Å². The summed E-state index contributed by atoms with van der Waals surface area (Å²) in [5.41, 5.74) is 5.28. The molecule has 2 bridgehead atoms. The molecule has 2 unspecified atom stereocenters. The van der Waals surface area contributed by atoms with Crippen LogP contribution in [0.4, 0.5) is 0 Å². The normalized spacial score (nSPS) is 22.6. The second-order valence-corrected chi connectivity index (χ2v) is 9.00. The fourth-order valence-corrected chi connectivity index (χ4v) is 5.08. The molecule has 2 aliphatic rings. The standard InChI is InChI=1S/C28H30N2O3.CH4/c1-5-23-21-15-19(4)17-28(23,24-12-13-26(31)30-25(24)16-21)29-14-8-10-20-9-6-7-11-22(20)27(32)33-18(2)3;/h5-15,18,21H,16-17H2,1-4H3,(H,30,31);1H4/b10-8+,23-5+,29-14?;. The van der Waals surface area contributed by atoms with Crippen LogP contribution < -0.4 is 5.56 Å². The molecule has 0 aliphatic heterocycles. The number of aliphatic imine (C=N–C) groups is 1. The third kappa shape index (κ3) is 4.74. The number of nitrogens with one attached hydrogen (secondary N) is 1. The zero-order valence-corrected chi connectivity index (χ0v) is 19.6. The van der Waals surface area contributed by atoms with Gasteiger partial charge in [-0.1, -0.05) is 49.4 Å². The van der Waals surface area contributed by atoms with Crippen LogP contribution >= 0.6 is 0 Å². The minimum Gasteiger partial charge on any atom is -0.459 e. The van der Waals surface area contributed by atoms with E-state index in [1.807, 2.05) is 56.5 Å². The van der Waals surface area contributed by atoms with E-state index >= 15 is 0 Å². The van der Waals surface area contributed by atoms with Crippen molar-refractivity contribution in [3.63, 3.8) is 0 Å². The van der Waals surface area contributed by atoms with E-state index in [-0.39, 0.29) is 31.0 Å². The molecular weight excluding hydrogens is 424 g/mol. The number of benzene rings is 1. The van der Waals surface area contributed by atoms with Gasteiger partial charge < -0.3 is 9.72 Å². The summed E-state index contributed by atoms with van der Waals surface area (Å²) in [6.45, 7) is 7.88. The van der Waals surface area contributed by atoms with Gasteiger partial charge in [-0.15, -0.1) is 0 Å². The number of allylic oxidation sites excluding steroid dienone is 3. The molecule has 5 nitrogen and oxygen atoms in total. The quantitative estimate of drug-likeness (QED) is 0.338. The summed E-state index contributed by atoms with van der Waals surface area (Å²) in [6, 6.07) is 10.9. The Bertz CT molecular complexity index is 1250. The van der Waals surface area contributed by atoms with Crippen molar-refractivity contribution in [1.29, 1.82) is 0 Å². The molecule has 0 saturated heterocycles. The Kier molecular flexibility index (Phi) is 7.55. The second-order valence-electron chi connectivity index (χ2n) is 9.00. The number of aromatic nitrogens is 1. The Balaban J connectivity index is 0.00000324. The average molecular weight is 459 g/mol. The van der Waals surface area contributed by atoms with E-state index in [1.165, 1.54) is 11.1 Å². The molecule has 0 amide bonds. The van der Waals surface area contributed by atoms with Gasteiger partial charge in [-0.25, -0.2) is 4.79 Å². The van der Waals surface area contributed by atoms with E-state index in [9.17, 15) is 9.59 Å². The number of fused-ring (bicyclic) bond motifs is 4. The van der Waals surface area contributed by atoms with Crippen molar-refractivity contribution in [2.75, 3.05) is 0 Å². The zero-order chi connectivity index (χ0) is 23.6. The Morgan fingerprint density at radius 3 is 2.74 bits per heavy atom. The summed E-state index contributed by atoms with van der Waals surface area (Å²) in [4.78, 5) is 32.6. The lowest BCUT2D eigenvalue weighted by Crippen LogP contribution is -2.40. The molecule has 0 radical (unpaired) electrons. The van der Waals surface area contributed by atoms with E-state index in [1.54, 1.807) is 12.1 Å². The molecule has 4 rings (SSSR count). The van der Waals surface area contributed by atoms with E-state index in [2.05, 4.69) is 31.0 Å². The van der Waals surface area contributed by atoms with Crippen LogP contribution in [-0.2, 0) is 16.7 Å². The van der Waals surface area contributed by atoms with Crippen molar-refractivity contribution >= 4 is 18.3 Å². The molecule has 2 aromatic rings. The Morgan fingerprint density at radius 2 is 2.00 bits per heavy atom. The van der Waals surface area contributed by atoms with Crippen molar-refractivity contribution in [2.45, 2.75) is 59.6 Å². The Hall–Kier alpha value is -3.47. The van der Waals surface area contributed by atoms with Crippen LogP contribution in [0.3, 0.4) is 0 Å². The van der Waals surface area contributed by atoms with Gasteiger partial charge in [0.25, 0.3) is 0 Å². The summed E-state index contributed by atoms with van der Waals surface area (Å²) in [6.07, 6.45) is 11.4. The maximum absolute atomic E-state index is 12.4. The van der Waals surface area contributed by atoms with Crippen LogP contribution in [0, 0.1) is 5.92 Å². The van der Waals surface area contributed by atoms with Gasteiger partial charge in [0.15, 0.2) is 0 Å². The molecule has 178 valence electrons. The fraction of sp³-hybridized carbons (Fsp3) is 0.345. The first kappa shape index (κ1) is 25.2. The number of rotatable bonds is 5. The lowest BCUT2D eigenvalue weighted by atomic mass is 9.63. The predicted molar refractivity (Wildman–Crippen MR) is 139 cm³/mol. The first-order chi connectivity index (χ1) is 15.8. The predicted octanol–water partition coefficient (Wildman–Crippen LogP) is 6.02. The first-order valence-electron chi connectivity index (χ1n) is 11.4. The highest BCUT2D eigenvalue weighted by Crippen LogP contribution is 2.51. The number of H-pyrrole nitrogens is 1. The molecule has 5 heteroatoms. The average Bonchev–Trinajstić information content (AvgIpc) is 2.76. The fourth-order valence-electron chi connectivity index (χ4n) is 5.08. The number of hydrogen-bond acceptors (Lipinski definition) is 4. The van der Waals surface area contributed by atoms with Gasteiger partial charge in [0, 0.05) is 35.9 Å². The van der Waals surface area contributed by atoms with Gasteiger partial charge in [-0.05, 0) is 63.5 Å². The molecule has 0 saturated carbocycles. The Labute approximate surface area is 202 Å². The van der Waals surface area contributed by atoms with Crippen molar-refractivity contribution in [3.8, 4) is 0 Å². The van der Waals surface area contributed by atoms with Gasteiger partial charge in [0.2, 0.25) is 5.56 Å². The van der Waals surface area contributed by atoms with Crippen LogP contribution in [0.5, 0.6) is 0 Å². The van der Waals surface area contributed by atoms with Crippen molar-refractivity contribution in [2.24, 2.45) is 10.9 Å². The summed E-state index contributed by atoms with van der Waals surface area (Å²) in [7, 11) is 0. The van der Waals surface area contributed by atoms with Crippen molar-refractivity contribution in [3.05, 3.63) is 98.5 Å². The summed E-state index contributed by atoms with van der Waals surface area (Å²) < 4.78 is 5.37. The maximum atomic E-state index is 12.4. The Morgan fingerprint density at radius 1 is 1.24 bits per heavy atom. The molecule has 34 heavy (non-hydrogen) atoms. The summed E-state index contributed by atoms with van der Waals surface area (Å²) in [5, 5.41) is 0. The molecule has 0 fully saturated rings. The number of carbonyl (C=O) groups excluding carboxylic acids is 1. The SMILES string of the molecule is C.C/C=C1\C2C=C(C)CC1(N=C/C=C/c1ccccc1C(=O)OC(C)C)c1ccc(=O)[nH]c1C2. The highest BCUT2D eigenvalue weighted by atomic mass is 16.5. The van der Waals surface area contributed by atoms with Crippen molar-refractivity contribution < 1.29 is 9.53 Å². The molecule has 1 N–H and O–H groups in total. The first-order valence-corrected chi connectivity index (χ1v) is 11.4. The minimum absolute atomic E-state index is 0. The van der Waals surface area contributed by atoms with Gasteiger partial charge >= 0.3 is 5.97 Å². The molecule has 2 aliphatic carbocycles. The van der Waals surface area contributed by atoms with E-state index in [4.69, 9.17) is 9.73 Å². The number of pyridine rings is 1. The molecule has 2 atom stereocenters. The molecule has 0 spiro atoms. The smallest absolute Gasteiger partial charge is 0.338 e. The topological polar surface area (TPSA) is 71.5 Å². The number of carbonyl (C=O) groups is 1. The number of hydrogen-bond donors (Lipinski definition) is 1. The monoisotopic (exact) mass is 458 g/mol. The summed E-state index contributed by atoms with van der Waals surface area (Å²) >= 11 is 0. The molecule has 1 aromatic carbocycles. The zero-order valence-electron chi connectivity index (χ0n) is 19.6. The van der Waals surface area contributed by atoms with Crippen LogP contribution in [0.15, 0.2) is 75.6 Å². The number of aromatic amines is 1. The maximum Gasteiger partial charge on any atom is 0.338 e. The molecule has 1 aromatic heterocycles. The lowest BCUT2D eigenvalue weighted by Gasteiger charge is -2.45. The van der Waals surface area contributed by atoms with Gasteiger partial charge in [-0.2, -0.15) is 0 Å². The molecule has 1 heterocycles. The van der Waals surface area contributed by atoms with Crippen LogP contribution in [0.25, 0.3) is 6.08 Å². The van der Waals surface area contributed by atoms with E-state index in [0.717, 1.165) is 29.7 Å². The molecular formula is C29H34N2O3. The third-order valence-corrected chi connectivity index (χ3v) is 6.26. The third-order valence-electron chi connectivity index (χ3n) is 6.26. The number of ether oxygens (including phenoxy) is 1. The highest BCUT2D eigenvalue weighted by Gasteiger charge is 2.46. The number of nitrogens with zero attached hydrogens (tertiary/aromatic N) is 1. The van der Waals surface area contributed by atoms with Gasteiger partial charge in [0.1, 0.15) is 5.54 Å². The number of esters is 1. The van der Waals surface area contributed by atoms with Gasteiger partial charge in [-0.3, -0.25) is 9.79 Å². The van der Waals surface area contributed by atoms with Crippen LogP contribution in [-0.4, -0.2) is 23.3 Å². The van der Waals surface area contributed by atoms with E-state index < -0.39 is 5.54 Å². The van der Waals surface area contributed by atoms with Gasteiger partial charge in [0.05, 0.1) is 11.7 Å². The van der Waals surface area contributed by atoms with Crippen LogP contribution in [0.1, 0.15) is 68.7 Å². The largest absolute Gasteiger partial charge is 0.459 e. The summed E-state index contributed by atoms with van der Waals surface area (Å²) in [5.74, 6) is -0.111. The second kappa shape index (κ2) is 10.2. The lowest BCUT2D eigenvalue weighted by molar-refractivity contribution is 0.0377. The van der Waals surface area contributed by atoms with Crippen molar-refractivity contribution in [1.82, 2.24) is 4.98 Å².